The third-order valence-corrected chi connectivity index (χ3v) is 3.71. The molecular formula is C13H27B. The fourth-order valence-corrected chi connectivity index (χ4v) is 2.57. The van der Waals surface area contributed by atoms with E-state index in [2.05, 4.69) is 14.8 Å². The van der Waals surface area contributed by atoms with Crippen LogP contribution >= 0.6 is 0 Å². The van der Waals surface area contributed by atoms with Crippen LogP contribution in [0.2, 0.25) is 5.31 Å². The lowest BCUT2D eigenvalue weighted by molar-refractivity contribution is 0.436. The van der Waals surface area contributed by atoms with Crippen LogP contribution in [-0.4, -0.2) is 7.85 Å². The van der Waals surface area contributed by atoms with Crippen molar-refractivity contribution in [1.82, 2.24) is 0 Å². The van der Waals surface area contributed by atoms with Gasteiger partial charge in [0.05, 0.1) is 0 Å². The molecule has 1 heteroatoms. The first kappa shape index (κ1) is 12.1. The molecule has 14 heavy (non-hydrogen) atoms. The van der Waals surface area contributed by atoms with E-state index in [1.807, 2.05) is 0 Å². The Hall–Kier alpha value is 0.0649. The molecule has 0 spiro atoms. The van der Waals surface area contributed by atoms with Crippen LogP contribution in [0.4, 0.5) is 0 Å². The Morgan fingerprint density at radius 2 is 0.929 bits per heavy atom. The van der Waals surface area contributed by atoms with Crippen LogP contribution in [0, 0.1) is 0 Å². The Kier molecular flexibility index (Phi) is 5.66. The summed E-state index contributed by atoms with van der Waals surface area (Å²) in [5.41, 5.74) is 0. The molecule has 0 aromatic carbocycles. The molecule has 1 saturated carbocycles. The molecule has 0 aromatic rings. The minimum atomic E-state index is 0.624. The van der Waals surface area contributed by atoms with E-state index in [0.29, 0.717) is 5.31 Å². The summed E-state index contributed by atoms with van der Waals surface area (Å²) in [6.45, 7) is 2.46. The lowest BCUT2D eigenvalue weighted by atomic mass is 9.64. The monoisotopic (exact) mass is 194 g/mol. The third-order valence-electron chi connectivity index (χ3n) is 3.71. The Morgan fingerprint density at radius 3 is 1.29 bits per heavy atom. The molecule has 0 N–H and O–H groups in total. The Labute approximate surface area is 91.3 Å². The van der Waals surface area contributed by atoms with E-state index in [9.17, 15) is 0 Å². The van der Waals surface area contributed by atoms with Crippen molar-refractivity contribution in [2.75, 3.05) is 0 Å². The van der Waals surface area contributed by atoms with Gasteiger partial charge in [0.2, 0.25) is 0 Å². The van der Waals surface area contributed by atoms with E-state index in [-0.39, 0.29) is 0 Å². The molecule has 0 heterocycles. The van der Waals surface area contributed by atoms with Crippen LogP contribution in [0.1, 0.15) is 77.6 Å². The van der Waals surface area contributed by atoms with Crippen LogP contribution in [0.5, 0.6) is 0 Å². The van der Waals surface area contributed by atoms with E-state index >= 15 is 0 Å². The molecular weight excluding hydrogens is 167 g/mol. The van der Waals surface area contributed by atoms with Crippen molar-refractivity contribution in [3.8, 4) is 0 Å². The summed E-state index contributed by atoms with van der Waals surface area (Å²) >= 11 is 0. The maximum absolute atomic E-state index is 2.46. The van der Waals surface area contributed by atoms with Crippen molar-refractivity contribution in [2.24, 2.45) is 0 Å². The zero-order valence-corrected chi connectivity index (χ0v) is 10.3. The first-order valence-corrected chi connectivity index (χ1v) is 6.71. The second-order valence-electron chi connectivity index (χ2n) is 5.85. The first-order chi connectivity index (χ1) is 6.71. The van der Waals surface area contributed by atoms with Crippen LogP contribution in [0.25, 0.3) is 0 Å². The lowest BCUT2D eigenvalue weighted by Crippen LogP contribution is -2.08. The van der Waals surface area contributed by atoms with Crippen molar-refractivity contribution in [3.05, 3.63) is 0 Å². The Bertz CT molecular complexity index is 126. The second-order valence-corrected chi connectivity index (χ2v) is 5.85. The van der Waals surface area contributed by atoms with Gasteiger partial charge in [0.1, 0.15) is 7.85 Å². The fraction of sp³-hybridized carbons (Fsp3) is 1.00. The topological polar surface area (TPSA) is 0 Å². The molecule has 0 radical (unpaired) electrons. The minimum Gasteiger partial charge on any atom is -0.0669 e. The van der Waals surface area contributed by atoms with Crippen molar-refractivity contribution in [1.29, 1.82) is 0 Å². The fourth-order valence-electron chi connectivity index (χ4n) is 2.57. The zero-order valence-electron chi connectivity index (χ0n) is 10.3. The molecule has 1 aliphatic rings. The third kappa shape index (κ3) is 5.72. The van der Waals surface area contributed by atoms with Gasteiger partial charge in [-0.3, -0.25) is 0 Å². The summed E-state index contributed by atoms with van der Waals surface area (Å²) in [7, 11) is 2.46. The molecule has 0 saturated heterocycles. The van der Waals surface area contributed by atoms with Crippen molar-refractivity contribution >= 4 is 7.85 Å². The standard InChI is InChI=1S/C13H27B/c1-13(14)11-9-7-5-3-2-4-6-8-10-12-13/h2-12,14H2,1H3. The quantitative estimate of drug-likeness (QED) is 0.509. The summed E-state index contributed by atoms with van der Waals surface area (Å²) in [6, 6.07) is 0. The van der Waals surface area contributed by atoms with Crippen molar-refractivity contribution in [2.45, 2.75) is 82.9 Å². The van der Waals surface area contributed by atoms with Crippen molar-refractivity contribution in [3.63, 3.8) is 0 Å². The molecule has 0 amide bonds. The van der Waals surface area contributed by atoms with Gasteiger partial charge in [-0.15, -0.1) is 0 Å². The average molecular weight is 194 g/mol. The Balaban J connectivity index is 2.24. The molecule has 0 bridgehead atoms. The van der Waals surface area contributed by atoms with E-state index in [0.717, 1.165) is 0 Å². The smallest absolute Gasteiger partial charge is 0.0669 e. The maximum Gasteiger partial charge on any atom is 0.109 e. The van der Waals surface area contributed by atoms with Gasteiger partial charge in [-0.1, -0.05) is 82.9 Å². The number of hydrogen-bond acceptors (Lipinski definition) is 0. The van der Waals surface area contributed by atoms with Crippen LogP contribution in [0.15, 0.2) is 0 Å². The summed E-state index contributed by atoms with van der Waals surface area (Å²) in [5.74, 6) is 0. The molecule has 0 aromatic heterocycles. The molecule has 0 atom stereocenters. The average Bonchev–Trinajstić information content (AvgIpc) is 2.11. The van der Waals surface area contributed by atoms with Gasteiger partial charge in [0, 0.05) is 0 Å². The molecule has 1 rings (SSSR count). The summed E-state index contributed by atoms with van der Waals surface area (Å²) in [5, 5.41) is 0.624. The predicted octanol–water partition coefficient (Wildman–Crippen LogP) is 4.10. The van der Waals surface area contributed by atoms with Crippen LogP contribution < -0.4 is 0 Å². The second kappa shape index (κ2) is 6.53. The highest BCUT2D eigenvalue weighted by Gasteiger charge is 2.16. The van der Waals surface area contributed by atoms with E-state index in [1.165, 1.54) is 70.6 Å². The van der Waals surface area contributed by atoms with Crippen LogP contribution in [0.3, 0.4) is 0 Å². The lowest BCUT2D eigenvalue weighted by Gasteiger charge is -2.25. The number of hydrogen-bond donors (Lipinski definition) is 0. The first-order valence-electron chi connectivity index (χ1n) is 6.71. The minimum absolute atomic E-state index is 0.624. The van der Waals surface area contributed by atoms with Crippen LogP contribution in [-0.2, 0) is 0 Å². The molecule has 0 unspecified atom stereocenters. The highest BCUT2D eigenvalue weighted by Crippen LogP contribution is 2.35. The summed E-state index contributed by atoms with van der Waals surface area (Å²) < 4.78 is 0. The zero-order chi connectivity index (χ0) is 10.3. The van der Waals surface area contributed by atoms with Gasteiger partial charge in [0.25, 0.3) is 0 Å². The van der Waals surface area contributed by atoms with Gasteiger partial charge < -0.3 is 0 Å². The van der Waals surface area contributed by atoms with Gasteiger partial charge in [-0.05, 0) is 0 Å². The van der Waals surface area contributed by atoms with Gasteiger partial charge >= 0.3 is 0 Å². The molecule has 1 aliphatic carbocycles. The molecule has 0 nitrogen and oxygen atoms in total. The predicted molar refractivity (Wildman–Crippen MR) is 67.7 cm³/mol. The van der Waals surface area contributed by atoms with E-state index < -0.39 is 0 Å². The summed E-state index contributed by atoms with van der Waals surface area (Å²) in [6.07, 6.45) is 16.2. The maximum atomic E-state index is 2.46. The number of rotatable bonds is 0. The van der Waals surface area contributed by atoms with Gasteiger partial charge in [-0.2, -0.15) is 0 Å². The molecule has 82 valence electrons. The van der Waals surface area contributed by atoms with Crippen molar-refractivity contribution < 1.29 is 0 Å². The van der Waals surface area contributed by atoms with Gasteiger partial charge in [-0.25, -0.2) is 0 Å². The van der Waals surface area contributed by atoms with E-state index in [4.69, 9.17) is 0 Å². The van der Waals surface area contributed by atoms with Gasteiger partial charge in [0.15, 0.2) is 0 Å². The normalized spacial score (nSPS) is 26.1. The SMILES string of the molecule is BC1(C)CCCCCCCCCCC1. The Morgan fingerprint density at radius 1 is 0.643 bits per heavy atom. The molecule has 0 aliphatic heterocycles. The highest BCUT2D eigenvalue weighted by atomic mass is 14.2. The summed E-state index contributed by atoms with van der Waals surface area (Å²) in [4.78, 5) is 0. The molecule has 1 fully saturated rings. The highest BCUT2D eigenvalue weighted by molar-refractivity contribution is 6.14. The van der Waals surface area contributed by atoms with E-state index in [1.54, 1.807) is 0 Å². The largest absolute Gasteiger partial charge is 0.109 e.